The number of ether oxygens (including phenoxy) is 1. The van der Waals surface area contributed by atoms with E-state index in [0.29, 0.717) is 17.4 Å². The van der Waals surface area contributed by atoms with Gasteiger partial charge in [-0.2, -0.15) is 0 Å². The van der Waals surface area contributed by atoms with Crippen LogP contribution in [0.2, 0.25) is 0 Å². The summed E-state index contributed by atoms with van der Waals surface area (Å²) in [7, 11) is 1.17. The Morgan fingerprint density at radius 1 is 0.545 bits per heavy atom. The number of esters is 1. The van der Waals surface area contributed by atoms with Crippen LogP contribution in [0.5, 0.6) is 0 Å². The number of phosphoric acid groups is 1. The third-order valence-electron chi connectivity index (χ3n) is 11.7. The number of amides is 1. The third kappa shape index (κ3) is 46.8. The molecule has 0 spiro atoms. The molecule has 10 heteroatoms. The number of nitrogens with zero attached hydrogens (tertiary/aromatic N) is 1. The van der Waals surface area contributed by atoms with Gasteiger partial charge in [-0.05, 0) is 83.1 Å². The molecule has 3 atom stereocenters. The van der Waals surface area contributed by atoms with E-state index in [-0.39, 0.29) is 24.9 Å². The molecule has 0 bridgehead atoms. The molecule has 3 unspecified atom stereocenters. The molecule has 0 aromatic rings. The fraction of sp³-hybridized carbons (Fsp3) is 0.786. The topological polar surface area (TPSA) is 114 Å². The van der Waals surface area contributed by atoms with Gasteiger partial charge in [-0.1, -0.05) is 197 Å². The van der Waals surface area contributed by atoms with Gasteiger partial charge in [0.2, 0.25) is 5.91 Å². The predicted molar refractivity (Wildman–Crippen MR) is 279 cm³/mol. The number of carbonyl (C=O) groups excluding carboxylic acids is 2. The highest BCUT2D eigenvalue weighted by atomic mass is 31.2. The molecule has 0 aromatic carbocycles. The first-order chi connectivity index (χ1) is 31.9. The number of likely N-dealkylation sites (N-methyl/N-ethyl adjacent to an activating group) is 1. The van der Waals surface area contributed by atoms with Gasteiger partial charge in [-0.25, -0.2) is 0 Å². The summed E-state index contributed by atoms with van der Waals surface area (Å²) in [6.45, 7) is 6.61. The smallest absolute Gasteiger partial charge is 0.306 e. The van der Waals surface area contributed by atoms with Gasteiger partial charge in [0, 0.05) is 12.8 Å². The number of hydrogen-bond acceptors (Lipinski definition) is 7. The first-order valence-electron chi connectivity index (χ1n) is 27.1. The normalized spacial score (nSPS) is 14.3. The zero-order valence-electron chi connectivity index (χ0n) is 43.6. The first-order valence-corrected chi connectivity index (χ1v) is 28.6. The molecule has 0 aliphatic carbocycles. The van der Waals surface area contributed by atoms with Gasteiger partial charge in [0.1, 0.15) is 19.3 Å². The Morgan fingerprint density at radius 3 is 1.44 bits per heavy atom. The molecule has 0 fully saturated rings. The van der Waals surface area contributed by atoms with Crippen LogP contribution in [0.3, 0.4) is 0 Å². The second kappa shape index (κ2) is 46.4. The summed E-state index contributed by atoms with van der Waals surface area (Å²) in [6, 6.07) is -0.894. The maximum atomic E-state index is 13.4. The average Bonchev–Trinajstić information content (AvgIpc) is 3.27. The molecule has 66 heavy (non-hydrogen) atoms. The lowest BCUT2D eigenvalue weighted by Gasteiger charge is -2.30. The van der Waals surface area contributed by atoms with Crippen LogP contribution in [0.15, 0.2) is 60.8 Å². The van der Waals surface area contributed by atoms with E-state index >= 15 is 0 Å². The summed E-state index contributed by atoms with van der Waals surface area (Å²) in [6.07, 6.45) is 56.1. The first kappa shape index (κ1) is 63.7. The van der Waals surface area contributed by atoms with Crippen molar-refractivity contribution >= 4 is 19.7 Å². The Hall–Kier alpha value is -2.29. The molecule has 0 aliphatic rings. The Morgan fingerprint density at radius 2 is 0.970 bits per heavy atom. The quantitative estimate of drug-likeness (QED) is 0.0212. The fourth-order valence-electron chi connectivity index (χ4n) is 7.54. The van der Waals surface area contributed by atoms with Crippen molar-refractivity contribution in [1.82, 2.24) is 5.32 Å². The van der Waals surface area contributed by atoms with E-state index in [4.69, 9.17) is 13.8 Å². The summed E-state index contributed by atoms with van der Waals surface area (Å²) >= 11 is 0. The summed E-state index contributed by atoms with van der Waals surface area (Å²) in [5.41, 5.74) is 0. The number of phosphoric ester groups is 1. The van der Waals surface area contributed by atoms with E-state index in [1.807, 2.05) is 33.3 Å². The van der Waals surface area contributed by atoms with E-state index in [0.717, 1.165) is 109 Å². The zero-order chi connectivity index (χ0) is 48.7. The van der Waals surface area contributed by atoms with Gasteiger partial charge in [-0.3, -0.25) is 14.2 Å². The largest absolute Gasteiger partial charge is 0.756 e. The SMILES string of the molecule is CC/C=C/C/C=C/CCCCCCCCCC(=O)NC(COP(=O)([O-])OCC[N+](C)(C)C)C(/C=C/CCCCCCCCCCCC)OC(=O)CCCCCCCCC/C=C/C/C=C/CC. The highest BCUT2D eigenvalue weighted by Crippen LogP contribution is 2.38. The van der Waals surface area contributed by atoms with Crippen LogP contribution in [0, 0.1) is 0 Å². The van der Waals surface area contributed by atoms with Crippen molar-refractivity contribution in [3.8, 4) is 0 Å². The van der Waals surface area contributed by atoms with E-state index in [9.17, 15) is 19.0 Å². The van der Waals surface area contributed by atoms with Gasteiger partial charge in [0.05, 0.1) is 33.8 Å². The van der Waals surface area contributed by atoms with E-state index in [2.05, 4.69) is 74.7 Å². The summed E-state index contributed by atoms with van der Waals surface area (Å²) in [4.78, 5) is 39.7. The highest BCUT2D eigenvalue weighted by Gasteiger charge is 2.27. The Bertz CT molecular complexity index is 1320. The Kier molecular flexibility index (Phi) is 44.8. The standard InChI is InChI=1S/C56H103N2O7P/c1-7-10-13-16-19-22-25-28-30-33-36-39-42-45-48-55(59)57-53(52-64-66(61,62)63-51-50-58(4,5)6)54(47-44-41-38-35-32-27-24-21-18-15-12-9-3)65-56(60)49-46-43-40-37-34-31-29-26-23-20-17-14-11-8-2/h10-11,13-14,19-20,22-23,44,47,53-54H,7-9,12,15-18,21,24-43,45-46,48-52H2,1-6H3,(H-,57,59,61,62)/b13-10+,14-11+,22-19+,23-20+,47-44+. The van der Waals surface area contributed by atoms with Crippen molar-refractivity contribution < 1.29 is 37.3 Å². The van der Waals surface area contributed by atoms with Gasteiger partial charge in [-0.15, -0.1) is 0 Å². The molecular formula is C56H103N2O7P. The number of rotatable bonds is 48. The van der Waals surface area contributed by atoms with Crippen LogP contribution in [0.1, 0.15) is 233 Å². The average molecular weight is 947 g/mol. The van der Waals surface area contributed by atoms with Crippen LogP contribution < -0.4 is 10.2 Å². The predicted octanol–water partition coefficient (Wildman–Crippen LogP) is 15.3. The molecule has 0 radical (unpaired) electrons. The van der Waals surface area contributed by atoms with E-state index in [1.54, 1.807) is 0 Å². The maximum absolute atomic E-state index is 13.4. The van der Waals surface area contributed by atoms with Gasteiger partial charge < -0.3 is 28.5 Å². The minimum atomic E-state index is -4.69. The van der Waals surface area contributed by atoms with Crippen molar-refractivity contribution in [1.29, 1.82) is 0 Å². The molecule has 384 valence electrons. The van der Waals surface area contributed by atoms with Crippen molar-refractivity contribution in [3.63, 3.8) is 0 Å². The molecule has 1 amide bonds. The number of carbonyl (C=O) groups is 2. The number of unbranched alkanes of at least 4 members (excludes halogenated alkanes) is 24. The van der Waals surface area contributed by atoms with Crippen LogP contribution in [0.25, 0.3) is 0 Å². The number of nitrogens with one attached hydrogen (secondary N) is 1. The lowest BCUT2D eigenvalue weighted by Crippen LogP contribution is -2.47. The summed E-state index contributed by atoms with van der Waals surface area (Å²) < 4.78 is 30.2. The Labute approximate surface area is 407 Å². The number of allylic oxidation sites excluding steroid dienone is 9. The second-order valence-electron chi connectivity index (χ2n) is 19.3. The number of quaternary nitrogens is 1. The van der Waals surface area contributed by atoms with Crippen molar-refractivity contribution in [3.05, 3.63) is 60.8 Å². The minimum absolute atomic E-state index is 0.0268. The molecule has 0 saturated carbocycles. The molecule has 0 aromatic heterocycles. The zero-order valence-corrected chi connectivity index (χ0v) is 44.5. The second-order valence-corrected chi connectivity index (χ2v) is 20.7. The van der Waals surface area contributed by atoms with Crippen LogP contribution in [-0.4, -0.2) is 69.4 Å². The van der Waals surface area contributed by atoms with E-state index in [1.165, 1.54) is 89.9 Å². The van der Waals surface area contributed by atoms with Crippen LogP contribution in [0.4, 0.5) is 0 Å². The fourth-order valence-corrected chi connectivity index (χ4v) is 8.26. The van der Waals surface area contributed by atoms with Gasteiger partial charge in [0.25, 0.3) is 7.82 Å². The molecule has 9 nitrogen and oxygen atoms in total. The lowest BCUT2D eigenvalue weighted by molar-refractivity contribution is -0.870. The summed E-state index contributed by atoms with van der Waals surface area (Å²) in [5.74, 6) is -0.562. The molecule has 0 aliphatic heterocycles. The lowest BCUT2D eigenvalue weighted by atomic mass is 10.0. The third-order valence-corrected chi connectivity index (χ3v) is 12.7. The summed E-state index contributed by atoms with van der Waals surface area (Å²) in [5, 5.41) is 3.01. The van der Waals surface area contributed by atoms with Crippen molar-refractivity contribution in [2.24, 2.45) is 0 Å². The number of hydrogen-bond donors (Lipinski definition) is 1. The minimum Gasteiger partial charge on any atom is -0.756 e. The molecule has 0 heterocycles. The maximum Gasteiger partial charge on any atom is 0.306 e. The molecular weight excluding hydrogens is 844 g/mol. The molecule has 1 N–H and O–H groups in total. The van der Waals surface area contributed by atoms with Gasteiger partial charge in [0.15, 0.2) is 0 Å². The van der Waals surface area contributed by atoms with Crippen molar-refractivity contribution in [2.75, 3.05) is 40.9 Å². The van der Waals surface area contributed by atoms with Crippen LogP contribution >= 0.6 is 7.82 Å². The van der Waals surface area contributed by atoms with Crippen molar-refractivity contribution in [2.45, 2.75) is 245 Å². The molecule has 0 saturated heterocycles. The Balaban J connectivity index is 5.42. The van der Waals surface area contributed by atoms with Gasteiger partial charge >= 0.3 is 5.97 Å². The molecule has 0 rings (SSSR count). The highest BCUT2D eigenvalue weighted by molar-refractivity contribution is 7.45. The van der Waals surface area contributed by atoms with Crippen LogP contribution in [-0.2, 0) is 27.9 Å². The van der Waals surface area contributed by atoms with E-state index < -0.39 is 26.6 Å². The monoisotopic (exact) mass is 947 g/mol.